The summed E-state index contributed by atoms with van der Waals surface area (Å²) in [5.74, 6) is -0.117. The summed E-state index contributed by atoms with van der Waals surface area (Å²) in [6.45, 7) is 1.48. The maximum absolute atomic E-state index is 13.3. The lowest BCUT2D eigenvalue weighted by atomic mass is 10.0. The first-order valence-electron chi connectivity index (χ1n) is 9.52. The van der Waals surface area contributed by atoms with Crippen molar-refractivity contribution in [2.24, 2.45) is 0 Å². The first kappa shape index (κ1) is 18.6. The molecule has 1 amide bonds. The van der Waals surface area contributed by atoms with Crippen LogP contribution in [0.4, 0.5) is 4.39 Å². The summed E-state index contributed by atoms with van der Waals surface area (Å²) in [7, 11) is 4.00. The van der Waals surface area contributed by atoms with Crippen LogP contribution in [0.2, 0.25) is 0 Å². The predicted molar refractivity (Wildman–Crippen MR) is 105 cm³/mol. The van der Waals surface area contributed by atoms with Gasteiger partial charge in [0.1, 0.15) is 11.5 Å². The van der Waals surface area contributed by atoms with E-state index in [0.29, 0.717) is 40.4 Å². The topological polar surface area (TPSA) is 71.3 Å². The molecule has 7 heteroatoms. The Balaban J connectivity index is 1.70. The third-order valence-corrected chi connectivity index (χ3v) is 4.89. The van der Waals surface area contributed by atoms with Crippen LogP contribution in [-0.2, 0) is 0 Å². The molecule has 0 spiro atoms. The van der Waals surface area contributed by atoms with Gasteiger partial charge < -0.3 is 14.7 Å². The van der Waals surface area contributed by atoms with Crippen molar-refractivity contribution < 1.29 is 13.7 Å². The molecular weight excluding hydrogens is 359 g/mol. The van der Waals surface area contributed by atoms with E-state index in [0.717, 1.165) is 31.5 Å². The molecule has 4 rings (SSSR count). The zero-order valence-corrected chi connectivity index (χ0v) is 16.0. The molecule has 146 valence electrons. The Kier molecular flexibility index (Phi) is 5.09. The maximum atomic E-state index is 13.3. The Morgan fingerprint density at radius 1 is 1.29 bits per heavy atom. The summed E-state index contributed by atoms with van der Waals surface area (Å²) < 4.78 is 18.8. The fraction of sp³-hybridized carbons (Fsp3) is 0.381. The van der Waals surface area contributed by atoms with Gasteiger partial charge in [-0.25, -0.2) is 9.37 Å². The number of aromatic nitrogens is 2. The van der Waals surface area contributed by atoms with Crippen molar-refractivity contribution >= 4 is 17.0 Å². The number of carbonyl (C=O) groups excluding carboxylic acids is 1. The standard InChI is InChI=1S/C21H23FN4O2/c1-26(2)11-3-10-23-20(27)16-12-17(13-4-5-13)24-21-18(16)19(25-28-21)14-6-8-15(22)9-7-14/h6-9,12-13H,3-5,10-11H2,1-2H3,(H,23,27). The number of nitrogens with one attached hydrogen (secondary N) is 1. The number of carbonyl (C=O) groups is 1. The highest BCUT2D eigenvalue weighted by atomic mass is 19.1. The molecule has 1 saturated carbocycles. The van der Waals surface area contributed by atoms with Crippen molar-refractivity contribution in [1.82, 2.24) is 20.4 Å². The second kappa shape index (κ2) is 7.67. The van der Waals surface area contributed by atoms with Gasteiger partial charge in [0, 0.05) is 23.7 Å². The van der Waals surface area contributed by atoms with Gasteiger partial charge in [0.2, 0.25) is 0 Å². The Morgan fingerprint density at radius 3 is 2.71 bits per heavy atom. The number of amides is 1. The van der Waals surface area contributed by atoms with Gasteiger partial charge in [0.25, 0.3) is 11.6 Å². The quantitative estimate of drug-likeness (QED) is 0.633. The lowest BCUT2D eigenvalue weighted by Gasteiger charge is -2.11. The van der Waals surface area contributed by atoms with Gasteiger partial charge in [-0.15, -0.1) is 0 Å². The molecule has 1 N–H and O–H groups in total. The predicted octanol–water partition coefficient (Wildman–Crippen LogP) is 3.59. The second-order valence-electron chi connectivity index (χ2n) is 7.50. The number of rotatable bonds is 7. The molecule has 0 atom stereocenters. The van der Waals surface area contributed by atoms with E-state index in [4.69, 9.17) is 4.52 Å². The Hall–Kier alpha value is -2.80. The molecule has 3 aromatic rings. The van der Waals surface area contributed by atoms with Crippen LogP contribution in [0.25, 0.3) is 22.4 Å². The second-order valence-corrected chi connectivity index (χ2v) is 7.50. The number of hydrogen-bond acceptors (Lipinski definition) is 5. The summed E-state index contributed by atoms with van der Waals surface area (Å²) in [5.41, 5.74) is 2.92. The number of hydrogen-bond donors (Lipinski definition) is 1. The highest BCUT2D eigenvalue weighted by molar-refractivity contribution is 6.09. The van der Waals surface area contributed by atoms with Crippen molar-refractivity contribution in [3.8, 4) is 11.3 Å². The summed E-state index contributed by atoms with van der Waals surface area (Å²) >= 11 is 0. The average Bonchev–Trinajstić information content (AvgIpc) is 3.44. The highest BCUT2D eigenvalue weighted by Crippen LogP contribution is 2.41. The van der Waals surface area contributed by atoms with Crippen LogP contribution in [0, 0.1) is 5.82 Å². The number of halogens is 1. The van der Waals surface area contributed by atoms with E-state index in [2.05, 4.69) is 20.4 Å². The molecule has 0 radical (unpaired) electrons. The smallest absolute Gasteiger partial charge is 0.259 e. The van der Waals surface area contributed by atoms with E-state index in [-0.39, 0.29) is 11.7 Å². The molecule has 1 aliphatic rings. The molecule has 1 aromatic carbocycles. The largest absolute Gasteiger partial charge is 0.352 e. The van der Waals surface area contributed by atoms with E-state index >= 15 is 0 Å². The molecular formula is C21H23FN4O2. The normalized spacial score (nSPS) is 14.0. The van der Waals surface area contributed by atoms with Gasteiger partial charge in [0.05, 0.1) is 10.9 Å². The molecule has 1 aliphatic carbocycles. The van der Waals surface area contributed by atoms with Crippen molar-refractivity contribution in [3.05, 3.63) is 47.4 Å². The van der Waals surface area contributed by atoms with Crippen LogP contribution < -0.4 is 5.32 Å². The summed E-state index contributed by atoms with van der Waals surface area (Å²) in [6, 6.07) is 7.83. The molecule has 0 aliphatic heterocycles. The maximum Gasteiger partial charge on any atom is 0.259 e. The first-order chi connectivity index (χ1) is 13.5. The third kappa shape index (κ3) is 3.89. The first-order valence-corrected chi connectivity index (χ1v) is 9.52. The van der Waals surface area contributed by atoms with Crippen LogP contribution in [0.3, 0.4) is 0 Å². The fourth-order valence-corrected chi connectivity index (χ4v) is 3.23. The van der Waals surface area contributed by atoms with E-state index in [1.807, 2.05) is 20.2 Å². The Bertz CT molecular complexity index is 994. The summed E-state index contributed by atoms with van der Waals surface area (Å²) in [4.78, 5) is 19.6. The molecule has 6 nitrogen and oxygen atoms in total. The minimum atomic E-state index is -0.329. The van der Waals surface area contributed by atoms with Crippen molar-refractivity contribution in [2.45, 2.75) is 25.2 Å². The monoisotopic (exact) mass is 382 g/mol. The minimum absolute atomic E-state index is 0.167. The number of nitrogens with zero attached hydrogens (tertiary/aromatic N) is 3. The molecule has 0 saturated heterocycles. The Morgan fingerprint density at radius 2 is 2.04 bits per heavy atom. The summed E-state index contributed by atoms with van der Waals surface area (Å²) in [5, 5.41) is 7.69. The lowest BCUT2D eigenvalue weighted by Crippen LogP contribution is -2.27. The minimum Gasteiger partial charge on any atom is -0.352 e. The van der Waals surface area contributed by atoms with Crippen molar-refractivity contribution in [3.63, 3.8) is 0 Å². The fourth-order valence-electron chi connectivity index (χ4n) is 3.23. The summed E-state index contributed by atoms with van der Waals surface area (Å²) in [6.07, 6.45) is 3.00. The van der Waals surface area contributed by atoms with Crippen LogP contribution >= 0.6 is 0 Å². The number of pyridine rings is 1. The number of fused-ring (bicyclic) bond motifs is 1. The molecule has 0 unspecified atom stereocenters. The Labute approximate surface area is 162 Å². The molecule has 2 heterocycles. The van der Waals surface area contributed by atoms with E-state index < -0.39 is 0 Å². The van der Waals surface area contributed by atoms with E-state index in [1.54, 1.807) is 12.1 Å². The molecule has 2 aromatic heterocycles. The van der Waals surface area contributed by atoms with Gasteiger partial charge in [-0.3, -0.25) is 4.79 Å². The molecule has 28 heavy (non-hydrogen) atoms. The average molecular weight is 382 g/mol. The van der Waals surface area contributed by atoms with Crippen LogP contribution in [0.15, 0.2) is 34.9 Å². The van der Waals surface area contributed by atoms with Gasteiger partial charge >= 0.3 is 0 Å². The zero-order valence-electron chi connectivity index (χ0n) is 16.0. The van der Waals surface area contributed by atoms with E-state index in [9.17, 15) is 9.18 Å². The van der Waals surface area contributed by atoms with Crippen molar-refractivity contribution in [2.75, 3.05) is 27.2 Å². The number of benzene rings is 1. The van der Waals surface area contributed by atoms with Crippen LogP contribution in [0.5, 0.6) is 0 Å². The van der Waals surface area contributed by atoms with Gasteiger partial charge in [-0.2, -0.15) is 0 Å². The van der Waals surface area contributed by atoms with Crippen LogP contribution in [-0.4, -0.2) is 48.1 Å². The van der Waals surface area contributed by atoms with Crippen LogP contribution in [0.1, 0.15) is 41.2 Å². The zero-order chi connectivity index (χ0) is 19.7. The SMILES string of the molecule is CN(C)CCCNC(=O)c1cc(C2CC2)nc2onc(-c3ccc(F)cc3)c12. The highest BCUT2D eigenvalue weighted by Gasteiger charge is 2.29. The van der Waals surface area contributed by atoms with Gasteiger partial charge in [-0.1, -0.05) is 5.16 Å². The van der Waals surface area contributed by atoms with Gasteiger partial charge in [-0.05, 0) is 70.2 Å². The molecule has 0 bridgehead atoms. The third-order valence-electron chi connectivity index (χ3n) is 4.89. The lowest BCUT2D eigenvalue weighted by molar-refractivity contribution is 0.0953. The van der Waals surface area contributed by atoms with Gasteiger partial charge in [0.15, 0.2) is 0 Å². The van der Waals surface area contributed by atoms with E-state index in [1.165, 1.54) is 12.1 Å². The van der Waals surface area contributed by atoms with Crippen molar-refractivity contribution in [1.29, 1.82) is 0 Å². The molecule has 1 fully saturated rings.